The van der Waals surface area contributed by atoms with Crippen LogP contribution < -0.4 is 5.73 Å². The highest BCUT2D eigenvalue weighted by Crippen LogP contribution is 2.39. The number of benzene rings is 1. The van der Waals surface area contributed by atoms with Gasteiger partial charge in [-0.05, 0) is 23.7 Å². The van der Waals surface area contributed by atoms with Crippen LogP contribution >= 0.6 is 23.1 Å². The minimum atomic E-state index is -4.47. The number of hydrogen-bond acceptors (Lipinski definition) is 3. The summed E-state index contributed by atoms with van der Waals surface area (Å²) in [6.07, 6.45) is -4.47. The number of aromatic nitrogens is 1. The molecule has 0 aliphatic heterocycles. The lowest BCUT2D eigenvalue weighted by atomic mass is 10.1. The zero-order chi connectivity index (χ0) is 11.2. The molecule has 80 valence electrons. The molecule has 0 fully saturated rings. The third-order valence-electron chi connectivity index (χ3n) is 1.88. The summed E-state index contributed by atoms with van der Waals surface area (Å²) < 4.78 is 41.4. The fourth-order valence-electron chi connectivity index (χ4n) is 1.25. The number of rotatable bonds is 0. The van der Waals surface area contributed by atoms with Gasteiger partial charge in [0.15, 0.2) is 0 Å². The lowest BCUT2D eigenvalue weighted by Crippen LogP contribution is -2.05. The fraction of sp³-hybridized carbons (Fsp3) is 0.125. The van der Waals surface area contributed by atoms with Crippen molar-refractivity contribution in [3.05, 3.63) is 22.7 Å². The number of halogens is 4. The van der Waals surface area contributed by atoms with Gasteiger partial charge in [0, 0.05) is 10.4 Å². The highest BCUT2D eigenvalue weighted by molar-refractivity contribution is 7.11. The molecule has 1 aromatic carbocycles. The Bertz CT molecular complexity index is 520. The number of hydrogen-bond donors (Lipinski definition) is 1. The molecule has 0 bridgehead atoms. The van der Waals surface area contributed by atoms with Crippen LogP contribution in [-0.2, 0) is 6.18 Å². The summed E-state index contributed by atoms with van der Waals surface area (Å²) in [5, 5.41) is 0.486. The van der Waals surface area contributed by atoms with Crippen molar-refractivity contribution in [2.24, 2.45) is 0 Å². The van der Waals surface area contributed by atoms with Crippen LogP contribution in [0.3, 0.4) is 0 Å². The van der Waals surface area contributed by atoms with Crippen LogP contribution in [0.4, 0.5) is 18.2 Å². The number of alkyl halides is 3. The summed E-state index contributed by atoms with van der Waals surface area (Å²) in [5.74, 6) is 0. The predicted octanol–water partition coefficient (Wildman–Crippen LogP) is 3.55. The normalized spacial score (nSPS) is 12.3. The van der Waals surface area contributed by atoms with Gasteiger partial charge in [-0.1, -0.05) is 11.6 Å². The molecule has 0 radical (unpaired) electrons. The number of anilines is 1. The van der Waals surface area contributed by atoms with Gasteiger partial charge >= 0.3 is 6.18 Å². The Morgan fingerprint density at radius 1 is 1.33 bits per heavy atom. The summed E-state index contributed by atoms with van der Waals surface area (Å²) >= 11 is 6.41. The summed E-state index contributed by atoms with van der Waals surface area (Å²) in [4.78, 5) is 0. The Kier molecular flexibility index (Phi) is 2.27. The van der Waals surface area contributed by atoms with Crippen molar-refractivity contribution < 1.29 is 13.2 Å². The van der Waals surface area contributed by atoms with Gasteiger partial charge in [-0.25, -0.2) is 0 Å². The third-order valence-corrected chi connectivity index (χ3v) is 2.79. The molecular formula is C8H4ClF3N2S. The third kappa shape index (κ3) is 1.74. The SMILES string of the molecule is Nc1snc2c(C(F)(F)F)cc(Cl)cc12. The van der Waals surface area contributed by atoms with E-state index < -0.39 is 11.7 Å². The summed E-state index contributed by atoms with van der Waals surface area (Å²) in [7, 11) is 0. The molecule has 2 nitrogen and oxygen atoms in total. The van der Waals surface area contributed by atoms with Crippen LogP contribution in [0.1, 0.15) is 5.56 Å². The Morgan fingerprint density at radius 2 is 2.00 bits per heavy atom. The number of nitrogen functional groups attached to an aromatic ring is 1. The first-order valence-electron chi connectivity index (χ1n) is 3.81. The Balaban J connectivity index is 2.84. The molecular weight excluding hydrogens is 249 g/mol. The van der Waals surface area contributed by atoms with Crippen molar-refractivity contribution in [1.82, 2.24) is 4.37 Å². The van der Waals surface area contributed by atoms with Crippen LogP contribution in [-0.4, -0.2) is 4.37 Å². The highest BCUT2D eigenvalue weighted by atomic mass is 35.5. The fourth-order valence-corrected chi connectivity index (χ4v) is 2.10. The van der Waals surface area contributed by atoms with Crippen molar-refractivity contribution in [2.45, 2.75) is 6.18 Å². The monoisotopic (exact) mass is 252 g/mol. The molecule has 0 spiro atoms. The van der Waals surface area contributed by atoms with Gasteiger partial charge in [-0.15, -0.1) is 0 Å². The van der Waals surface area contributed by atoms with Crippen molar-refractivity contribution in [3.8, 4) is 0 Å². The number of fused-ring (bicyclic) bond motifs is 1. The lowest BCUT2D eigenvalue weighted by Gasteiger charge is -2.07. The van der Waals surface area contributed by atoms with Gasteiger partial charge in [0.1, 0.15) is 5.00 Å². The van der Waals surface area contributed by atoms with Crippen LogP contribution in [0.2, 0.25) is 5.02 Å². The summed E-state index contributed by atoms with van der Waals surface area (Å²) in [6, 6.07) is 2.23. The smallest absolute Gasteiger partial charge is 0.389 e. The minimum Gasteiger partial charge on any atom is -0.389 e. The van der Waals surface area contributed by atoms with Crippen LogP contribution in [0, 0.1) is 0 Å². The molecule has 7 heteroatoms. The maximum absolute atomic E-state index is 12.6. The average molecular weight is 253 g/mol. The van der Waals surface area contributed by atoms with Crippen molar-refractivity contribution in [2.75, 3.05) is 5.73 Å². The standard InChI is InChI=1S/C8H4ClF3N2S/c9-3-1-4-6(14-15-7(4)13)5(2-3)8(10,11)12/h1-2H,13H2. The minimum absolute atomic E-state index is 0.00160. The first-order chi connectivity index (χ1) is 6.89. The Morgan fingerprint density at radius 3 is 2.60 bits per heavy atom. The molecule has 0 saturated heterocycles. The van der Waals surface area contributed by atoms with E-state index in [2.05, 4.69) is 4.37 Å². The van der Waals surface area contributed by atoms with Gasteiger partial charge < -0.3 is 5.73 Å². The maximum atomic E-state index is 12.6. The van der Waals surface area contributed by atoms with E-state index in [1.165, 1.54) is 6.07 Å². The zero-order valence-electron chi connectivity index (χ0n) is 7.10. The quantitative estimate of drug-likeness (QED) is 0.779. The molecule has 0 saturated carbocycles. The first kappa shape index (κ1) is 10.5. The molecule has 1 aromatic heterocycles. The average Bonchev–Trinajstić information content (AvgIpc) is 2.45. The van der Waals surface area contributed by atoms with E-state index >= 15 is 0 Å². The van der Waals surface area contributed by atoms with Crippen LogP contribution in [0.5, 0.6) is 0 Å². The van der Waals surface area contributed by atoms with Gasteiger partial charge in [0.25, 0.3) is 0 Å². The van der Waals surface area contributed by atoms with E-state index in [0.717, 1.165) is 17.6 Å². The molecule has 0 unspecified atom stereocenters. The van der Waals surface area contributed by atoms with Crippen molar-refractivity contribution >= 4 is 39.0 Å². The molecule has 1 heterocycles. The topological polar surface area (TPSA) is 38.9 Å². The maximum Gasteiger partial charge on any atom is 0.418 e. The zero-order valence-corrected chi connectivity index (χ0v) is 8.67. The van der Waals surface area contributed by atoms with E-state index in [1.807, 2.05) is 0 Å². The molecule has 15 heavy (non-hydrogen) atoms. The van der Waals surface area contributed by atoms with Crippen LogP contribution in [0.25, 0.3) is 10.9 Å². The van der Waals surface area contributed by atoms with E-state index in [9.17, 15) is 13.2 Å². The van der Waals surface area contributed by atoms with Crippen molar-refractivity contribution in [3.63, 3.8) is 0 Å². The number of nitrogens with two attached hydrogens (primary N) is 1. The summed E-state index contributed by atoms with van der Waals surface area (Å²) in [6.45, 7) is 0. The van der Waals surface area contributed by atoms with Gasteiger partial charge in [0.2, 0.25) is 0 Å². The molecule has 0 amide bonds. The van der Waals surface area contributed by atoms with E-state index in [1.54, 1.807) is 0 Å². The Labute approximate surface area is 91.6 Å². The largest absolute Gasteiger partial charge is 0.418 e. The Hall–Kier alpha value is -1.01. The number of nitrogens with zero attached hydrogens (tertiary/aromatic N) is 1. The molecule has 2 aromatic rings. The summed E-state index contributed by atoms with van der Waals surface area (Å²) in [5.41, 5.74) is 4.49. The molecule has 0 aliphatic rings. The van der Waals surface area contributed by atoms with E-state index in [4.69, 9.17) is 17.3 Å². The van der Waals surface area contributed by atoms with E-state index in [-0.39, 0.29) is 20.9 Å². The molecule has 0 atom stereocenters. The predicted molar refractivity (Wildman–Crippen MR) is 54.0 cm³/mol. The molecule has 2 N–H and O–H groups in total. The van der Waals surface area contributed by atoms with Crippen LogP contribution in [0.15, 0.2) is 12.1 Å². The van der Waals surface area contributed by atoms with Crippen molar-refractivity contribution in [1.29, 1.82) is 0 Å². The second-order valence-electron chi connectivity index (χ2n) is 2.89. The lowest BCUT2D eigenvalue weighted by molar-refractivity contribution is -0.136. The van der Waals surface area contributed by atoms with Gasteiger partial charge in [0.05, 0.1) is 11.1 Å². The van der Waals surface area contributed by atoms with Gasteiger partial charge in [-0.2, -0.15) is 17.5 Å². The molecule has 2 rings (SSSR count). The second-order valence-corrected chi connectivity index (χ2v) is 4.14. The van der Waals surface area contributed by atoms with E-state index in [0.29, 0.717) is 0 Å². The highest BCUT2D eigenvalue weighted by Gasteiger charge is 2.34. The molecule has 0 aliphatic carbocycles. The van der Waals surface area contributed by atoms with Gasteiger partial charge in [-0.3, -0.25) is 0 Å². The first-order valence-corrected chi connectivity index (χ1v) is 4.96. The second kappa shape index (κ2) is 3.24.